The summed E-state index contributed by atoms with van der Waals surface area (Å²) in [6.45, 7) is 1.76. The zero-order chi connectivity index (χ0) is 35.3. The summed E-state index contributed by atoms with van der Waals surface area (Å²) in [5.41, 5.74) is 10.2. The minimum Gasteiger partial charge on any atom is -0.343 e. The average molecular weight is 675 g/mol. The van der Waals surface area contributed by atoms with Crippen LogP contribution in [0, 0.1) is 24.7 Å². The SMILES string of the molecule is C#CCN1C(=O)C(c2cn(Cc3cccc(Cn4cc(C5C(=O)N(CC#C)c6ccccc65)c5ccccc54)c3)c3ccccc23)c2ccccc21. The number of hydrogen-bond donors (Lipinski definition) is 0. The predicted molar refractivity (Wildman–Crippen MR) is 207 cm³/mol. The van der Waals surface area contributed by atoms with Crippen molar-refractivity contribution in [3.05, 3.63) is 167 Å². The lowest BCUT2D eigenvalue weighted by Crippen LogP contribution is -2.29. The van der Waals surface area contributed by atoms with Gasteiger partial charge in [-0.3, -0.25) is 19.4 Å². The van der Waals surface area contributed by atoms with E-state index < -0.39 is 11.8 Å². The van der Waals surface area contributed by atoms with E-state index in [2.05, 4.69) is 81.9 Å². The topological polar surface area (TPSA) is 50.5 Å². The molecule has 0 radical (unpaired) electrons. The quantitative estimate of drug-likeness (QED) is 0.154. The highest BCUT2D eigenvalue weighted by Crippen LogP contribution is 2.45. The number of amides is 2. The number of fused-ring (bicyclic) bond motifs is 4. The standard InChI is InChI=1S/C46H34N4O2/c1-3-24-49-41-22-11-7-18-35(41)43(45(49)51)37-29-47(39-20-9-5-16-33(37)39)27-31-14-13-15-32(26-31)28-48-30-38(34-17-6-10-21-40(34)48)44-36-19-8-12-23-42(36)50(25-4-2)46(44)52/h1-2,5-23,26,29-30,43-44H,24-25,27-28H2. The third-order valence-electron chi connectivity index (χ3n) is 10.6. The highest BCUT2D eigenvalue weighted by Gasteiger charge is 2.40. The largest absolute Gasteiger partial charge is 0.343 e. The number of carbonyl (C=O) groups is 2. The van der Waals surface area contributed by atoms with Crippen LogP contribution in [-0.4, -0.2) is 34.0 Å². The fourth-order valence-electron chi connectivity index (χ4n) is 8.37. The lowest BCUT2D eigenvalue weighted by Gasteiger charge is -2.14. The molecule has 7 aromatic rings. The Morgan fingerprint density at radius 3 is 1.38 bits per heavy atom. The summed E-state index contributed by atoms with van der Waals surface area (Å²) >= 11 is 0. The number of anilines is 2. The van der Waals surface area contributed by atoms with Crippen LogP contribution in [0.15, 0.2) is 134 Å². The molecule has 0 fully saturated rings. The summed E-state index contributed by atoms with van der Waals surface area (Å²) in [7, 11) is 0. The number of rotatable bonds is 8. The number of carbonyl (C=O) groups excluding carboxylic acids is 2. The molecule has 0 N–H and O–H groups in total. The van der Waals surface area contributed by atoms with Gasteiger partial charge >= 0.3 is 0 Å². The molecule has 52 heavy (non-hydrogen) atoms. The van der Waals surface area contributed by atoms with Gasteiger partial charge in [0.15, 0.2) is 0 Å². The highest BCUT2D eigenvalue weighted by molar-refractivity contribution is 6.10. The van der Waals surface area contributed by atoms with Crippen LogP contribution in [0.25, 0.3) is 21.8 Å². The Morgan fingerprint density at radius 1 is 0.500 bits per heavy atom. The van der Waals surface area contributed by atoms with Gasteiger partial charge in [0.2, 0.25) is 11.8 Å². The van der Waals surface area contributed by atoms with E-state index in [0.717, 1.165) is 66.6 Å². The van der Waals surface area contributed by atoms with E-state index in [1.165, 1.54) is 0 Å². The summed E-state index contributed by atoms with van der Waals surface area (Å²) in [4.78, 5) is 31.2. The molecule has 6 heteroatoms. The van der Waals surface area contributed by atoms with Gasteiger partial charge in [0.05, 0.1) is 24.9 Å². The molecule has 2 atom stereocenters. The molecule has 250 valence electrons. The monoisotopic (exact) mass is 674 g/mol. The molecule has 2 unspecified atom stereocenters. The third kappa shape index (κ3) is 4.92. The molecule has 6 nitrogen and oxygen atoms in total. The molecular weight excluding hydrogens is 641 g/mol. The molecular formula is C46H34N4O2. The van der Waals surface area contributed by atoms with Crippen molar-refractivity contribution in [1.29, 1.82) is 0 Å². The van der Waals surface area contributed by atoms with Gasteiger partial charge in [-0.2, -0.15) is 0 Å². The summed E-state index contributed by atoms with van der Waals surface area (Å²) in [6.07, 6.45) is 15.6. The van der Waals surface area contributed by atoms with Gasteiger partial charge in [-0.15, -0.1) is 12.8 Å². The van der Waals surface area contributed by atoms with Crippen molar-refractivity contribution in [3.8, 4) is 24.7 Å². The van der Waals surface area contributed by atoms with Crippen LogP contribution in [0.4, 0.5) is 11.4 Å². The van der Waals surface area contributed by atoms with E-state index in [-0.39, 0.29) is 24.9 Å². The summed E-state index contributed by atoms with van der Waals surface area (Å²) in [5, 5.41) is 2.12. The Kier molecular flexibility index (Phi) is 7.53. The van der Waals surface area contributed by atoms with Crippen LogP contribution < -0.4 is 9.80 Å². The number of benzene rings is 5. The van der Waals surface area contributed by atoms with Gasteiger partial charge in [0.25, 0.3) is 0 Å². The van der Waals surface area contributed by atoms with Crippen LogP contribution in [0.3, 0.4) is 0 Å². The first-order valence-electron chi connectivity index (χ1n) is 17.5. The molecule has 0 spiro atoms. The molecule has 0 saturated carbocycles. The summed E-state index contributed by atoms with van der Waals surface area (Å²) in [5.74, 6) is 4.50. The maximum Gasteiger partial charge on any atom is 0.240 e. The number of para-hydroxylation sites is 4. The maximum absolute atomic E-state index is 13.9. The Balaban J connectivity index is 1.05. The molecule has 5 aromatic carbocycles. The first-order chi connectivity index (χ1) is 25.6. The number of hydrogen-bond acceptors (Lipinski definition) is 2. The van der Waals surface area contributed by atoms with Crippen LogP contribution in [-0.2, 0) is 22.7 Å². The van der Waals surface area contributed by atoms with Gasteiger partial charge in [-0.25, -0.2) is 0 Å². The molecule has 0 saturated heterocycles. The van der Waals surface area contributed by atoms with Crippen molar-refractivity contribution >= 4 is 45.0 Å². The molecule has 2 amide bonds. The van der Waals surface area contributed by atoms with Crippen LogP contribution >= 0.6 is 0 Å². The average Bonchev–Trinajstić information content (AvgIpc) is 3.87. The van der Waals surface area contributed by atoms with E-state index >= 15 is 0 Å². The van der Waals surface area contributed by atoms with E-state index in [1.807, 2.05) is 72.8 Å². The summed E-state index contributed by atoms with van der Waals surface area (Å²) < 4.78 is 4.50. The van der Waals surface area contributed by atoms with Crippen LogP contribution in [0.2, 0.25) is 0 Å². The van der Waals surface area contributed by atoms with Crippen LogP contribution in [0.5, 0.6) is 0 Å². The van der Waals surface area contributed by atoms with Crippen molar-refractivity contribution in [2.75, 3.05) is 22.9 Å². The molecule has 2 aliphatic rings. The molecule has 0 bridgehead atoms. The van der Waals surface area contributed by atoms with E-state index in [4.69, 9.17) is 12.8 Å². The van der Waals surface area contributed by atoms with Crippen LogP contribution in [0.1, 0.15) is 45.2 Å². The lowest BCUT2D eigenvalue weighted by molar-refractivity contribution is -0.119. The van der Waals surface area contributed by atoms with Crippen molar-refractivity contribution in [2.24, 2.45) is 0 Å². The van der Waals surface area contributed by atoms with E-state index in [1.54, 1.807) is 9.80 Å². The molecule has 2 aliphatic heterocycles. The Morgan fingerprint density at radius 2 is 0.923 bits per heavy atom. The Hall–Kier alpha value is -6.76. The molecule has 9 rings (SSSR count). The molecule has 4 heterocycles. The van der Waals surface area contributed by atoms with Crippen molar-refractivity contribution in [2.45, 2.75) is 24.9 Å². The second-order valence-corrected chi connectivity index (χ2v) is 13.5. The molecule has 2 aromatic heterocycles. The van der Waals surface area contributed by atoms with Crippen molar-refractivity contribution < 1.29 is 9.59 Å². The Labute approximate surface area is 302 Å². The smallest absolute Gasteiger partial charge is 0.240 e. The first-order valence-corrected chi connectivity index (χ1v) is 17.5. The zero-order valence-corrected chi connectivity index (χ0v) is 28.4. The van der Waals surface area contributed by atoms with Crippen molar-refractivity contribution in [1.82, 2.24) is 9.13 Å². The number of nitrogens with zero attached hydrogens (tertiary/aromatic N) is 4. The number of terminal acetylenes is 2. The maximum atomic E-state index is 13.9. The fourth-order valence-corrected chi connectivity index (χ4v) is 8.37. The lowest BCUT2D eigenvalue weighted by atomic mass is 9.92. The minimum atomic E-state index is -0.421. The minimum absolute atomic E-state index is 0.00826. The van der Waals surface area contributed by atoms with Gasteiger partial charge in [-0.05, 0) is 57.6 Å². The molecule has 0 aliphatic carbocycles. The van der Waals surface area contributed by atoms with Gasteiger partial charge < -0.3 is 9.13 Å². The number of aromatic nitrogens is 2. The second kappa shape index (κ2) is 12.5. The fraction of sp³-hybridized carbons (Fsp3) is 0.130. The normalized spacial score (nSPS) is 16.3. The first kappa shape index (κ1) is 31.2. The van der Waals surface area contributed by atoms with Gasteiger partial charge in [0, 0.05) is 58.7 Å². The van der Waals surface area contributed by atoms with Gasteiger partial charge in [-0.1, -0.05) is 109 Å². The predicted octanol–water partition coefficient (Wildman–Crippen LogP) is 7.92. The van der Waals surface area contributed by atoms with Crippen molar-refractivity contribution in [3.63, 3.8) is 0 Å². The van der Waals surface area contributed by atoms with Gasteiger partial charge in [0.1, 0.15) is 0 Å². The second-order valence-electron chi connectivity index (χ2n) is 13.5. The van der Waals surface area contributed by atoms with E-state index in [0.29, 0.717) is 13.1 Å². The highest BCUT2D eigenvalue weighted by atomic mass is 16.2. The summed E-state index contributed by atoms with van der Waals surface area (Å²) in [6, 6.07) is 41.1. The van der Waals surface area contributed by atoms with E-state index in [9.17, 15) is 9.59 Å². The third-order valence-corrected chi connectivity index (χ3v) is 10.6. The Bertz CT molecular complexity index is 2470. The zero-order valence-electron chi connectivity index (χ0n) is 28.4.